The summed E-state index contributed by atoms with van der Waals surface area (Å²) in [6, 6.07) is 1.82. The lowest BCUT2D eigenvalue weighted by atomic mass is 9.69. The minimum Gasteiger partial charge on any atom is -0.490 e. The van der Waals surface area contributed by atoms with E-state index in [0.29, 0.717) is 12.0 Å². The van der Waals surface area contributed by atoms with E-state index < -0.39 is 52.3 Å². The molecule has 2 aromatic carbocycles. The van der Waals surface area contributed by atoms with E-state index in [1.165, 1.54) is 25.7 Å². The summed E-state index contributed by atoms with van der Waals surface area (Å²) in [7, 11) is 0. The van der Waals surface area contributed by atoms with Crippen LogP contribution in [0.15, 0.2) is 24.3 Å². The van der Waals surface area contributed by atoms with Crippen LogP contribution < -0.4 is 9.47 Å². The van der Waals surface area contributed by atoms with Crippen molar-refractivity contribution in [2.75, 3.05) is 6.61 Å². The van der Waals surface area contributed by atoms with Gasteiger partial charge in [-0.05, 0) is 74.3 Å². The molecule has 0 aliphatic heterocycles. The first-order chi connectivity index (χ1) is 17.0. The highest BCUT2D eigenvalue weighted by Gasteiger charge is 2.40. The average Bonchev–Trinajstić information content (AvgIpc) is 2.84. The van der Waals surface area contributed by atoms with Crippen molar-refractivity contribution in [1.29, 1.82) is 0 Å². The molecule has 0 heterocycles. The van der Waals surface area contributed by atoms with E-state index in [1.54, 1.807) is 0 Å². The van der Waals surface area contributed by atoms with Crippen molar-refractivity contribution in [3.8, 4) is 11.5 Å². The Hall–Kier alpha value is -2.45. The van der Waals surface area contributed by atoms with E-state index in [4.69, 9.17) is 4.74 Å². The normalized spacial score (nSPS) is 25.0. The van der Waals surface area contributed by atoms with E-state index >= 15 is 0 Å². The average molecular weight is 519 g/mol. The summed E-state index contributed by atoms with van der Waals surface area (Å²) >= 11 is 0. The van der Waals surface area contributed by atoms with Crippen molar-refractivity contribution in [3.05, 3.63) is 58.9 Å². The molecule has 4 rings (SSSR count). The summed E-state index contributed by atoms with van der Waals surface area (Å²) in [5.41, 5.74) is -1.49. The van der Waals surface area contributed by atoms with Crippen molar-refractivity contribution in [1.82, 2.24) is 0 Å². The maximum atomic E-state index is 14.5. The molecule has 2 nitrogen and oxygen atoms in total. The SMILES string of the molecule is CC1CCC(C2CCC(COc3ccc(C(F)(F)Oc4cc(F)c(F)c(F)c4)c(F)c3F)CC2)CC1. The molecule has 9 heteroatoms. The van der Waals surface area contributed by atoms with Crippen LogP contribution in [0.25, 0.3) is 0 Å². The second kappa shape index (κ2) is 10.9. The lowest BCUT2D eigenvalue weighted by Crippen LogP contribution is -2.27. The van der Waals surface area contributed by atoms with Gasteiger partial charge in [0.2, 0.25) is 5.82 Å². The van der Waals surface area contributed by atoms with Crippen LogP contribution >= 0.6 is 0 Å². The Labute approximate surface area is 205 Å². The molecule has 36 heavy (non-hydrogen) atoms. The van der Waals surface area contributed by atoms with Crippen molar-refractivity contribution in [3.63, 3.8) is 0 Å². The number of benzene rings is 2. The molecule has 2 aromatic rings. The van der Waals surface area contributed by atoms with Gasteiger partial charge in [0.25, 0.3) is 0 Å². The van der Waals surface area contributed by atoms with Crippen molar-refractivity contribution in [2.24, 2.45) is 23.7 Å². The van der Waals surface area contributed by atoms with Crippen molar-refractivity contribution >= 4 is 0 Å². The van der Waals surface area contributed by atoms with E-state index in [0.717, 1.165) is 43.6 Å². The first-order valence-electron chi connectivity index (χ1n) is 12.4. The Kier molecular flexibility index (Phi) is 8.05. The van der Waals surface area contributed by atoms with Gasteiger partial charge >= 0.3 is 6.11 Å². The van der Waals surface area contributed by atoms with E-state index in [-0.39, 0.29) is 24.7 Å². The van der Waals surface area contributed by atoms with Crippen molar-refractivity contribution in [2.45, 2.75) is 64.4 Å². The predicted molar refractivity (Wildman–Crippen MR) is 119 cm³/mol. The van der Waals surface area contributed by atoms with Crippen molar-refractivity contribution < 1.29 is 40.2 Å². The molecule has 0 saturated heterocycles. The number of rotatable bonds is 7. The first kappa shape index (κ1) is 26.6. The van der Waals surface area contributed by atoms with Gasteiger partial charge in [0.15, 0.2) is 29.0 Å². The summed E-state index contributed by atoms with van der Waals surface area (Å²) in [6.45, 7) is 2.44. The standard InChI is InChI=1S/C27H29F7O2/c1-15-2-6-17(7-3-15)18-8-4-16(5-9-18)14-35-23-11-10-20(24(30)26(23)32)27(33,34)36-19-12-21(28)25(31)22(29)13-19/h10-13,15-18H,2-9,14H2,1H3. The highest BCUT2D eigenvalue weighted by atomic mass is 19.3. The molecule has 0 spiro atoms. The van der Waals surface area contributed by atoms with E-state index in [1.807, 2.05) is 0 Å². The lowest BCUT2D eigenvalue weighted by Gasteiger charge is -2.37. The third-order valence-corrected chi connectivity index (χ3v) is 7.66. The molecule has 0 unspecified atom stereocenters. The Morgan fingerprint density at radius 1 is 0.750 bits per heavy atom. The highest BCUT2D eigenvalue weighted by molar-refractivity contribution is 5.34. The Bertz CT molecular complexity index is 1040. The smallest absolute Gasteiger partial charge is 0.429 e. The fourth-order valence-electron chi connectivity index (χ4n) is 5.45. The van der Waals surface area contributed by atoms with Gasteiger partial charge in [-0.3, -0.25) is 0 Å². The second-order valence-electron chi connectivity index (χ2n) is 10.2. The summed E-state index contributed by atoms with van der Waals surface area (Å²) in [4.78, 5) is 0. The monoisotopic (exact) mass is 518 g/mol. The largest absolute Gasteiger partial charge is 0.490 e. The van der Waals surface area contributed by atoms with Gasteiger partial charge in [0.1, 0.15) is 11.3 Å². The number of halogens is 7. The number of alkyl halides is 2. The molecular formula is C27H29F7O2. The van der Waals surface area contributed by atoms with Crippen LogP contribution in [0.3, 0.4) is 0 Å². The molecule has 2 aliphatic rings. The third-order valence-electron chi connectivity index (χ3n) is 7.66. The van der Waals surface area contributed by atoms with Gasteiger partial charge in [-0.25, -0.2) is 17.6 Å². The zero-order chi connectivity index (χ0) is 26.0. The van der Waals surface area contributed by atoms with Crippen LogP contribution in [-0.4, -0.2) is 6.61 Å². The lowest BCUT2D eigenvalue weighted by molar-refractivity contribution is -0.188. The minimum absolute atomic E-state index is 0.144. The van der Waals surface area contributed by atoms with Crippen LogP contribution in [0.1, 0.15) is 63.9 Å². The molecule has 2 aliphatic carbocycles. The summed E-state index contributed by atoms with van der Waals surface area (Å²) in [5, 5.41) is 0. The molecule has 2 fully saturated rings. The molecule has 0 aromatic heterocycles. The first-order valence-corrected chi connectivity index (χ1v) is 12.4. The maximum absolute atomic E-state index is 14.5. The topological polar surface area (TPSA) is 18.5 Å². The quantitative estimate of drug-likeness (QED) is 0.270. The molecule has 198 valence electrons. The van der Waals surface area contributed by atoms with E-state index in [9.17, 15) is 30.7 Å². The van der Waals surface area contributed by atoms with Gasteiger partial charge in [0, 0.05) is 12.1 Å². The minimum atomic E-state index is -4.49. The molecule has 2 saturated carbocycles. The molecule has 0 N–H and O–H groups in total. The third kappa shape index (κ3) is 5.92. The molecule has 0 atom stereocenters. The number of ether oxygens (including phenoxy) is 2. The molecule has 0 radical (unpaired) electrons. The number of hydrogen-bond acceptors (Lipinski definition) is 2. The molecular weight excluding hydrogens is 489 g/mol. The summed E-state index contributed by atoms with van der Waals surface area (Å²) in [6.07, 6.45) is 4.55. The second-order valence-corrected chi connectivity index (χ2v) is 10.2. The fourth-order valence-corrected chi connectivity index (χ4v) is 5.45. The zero-order valence-electron chi connectivity index (χ0n) is 19.9. The predicted octanol–water partition coefficient (Wildman–Crippen LogP) is 8.52. The molecule has 0 bridgehead atoms. The van der Waals surface area contributed by atoms with Gasteiger partial charge in [-0.2, -0.15) is 13.2 Å². The Balaban J connectivity index is 1.35. The van der Waals surface area contributed by atoms with Gasteiger partial charge in [-0.15, -0.1) is 0 Å². The number of hydrogen-bond donors (Lipinski definition) is 0. The zero-order valence-corrected chi connectivity index (χ0v) is 19.9. The Morgan fingerprint density at radius 3 is 1.89 bits per heavy atom. The Morgan fingerprint density at radius 2 is 1.31 bits per heavy atom. The van der Waals surface area contributed by atoms with Crippen LogP contribution in [0, 0.1) is 52.8 Å². The van der Waals surface area contributed by atoms with Gasteiger partial charge in [-0.1, -0.05) is 19.8 Å². The van der Waals surface area contributed by atoms with Crippen LogP contribution in [-0.2, 0) is 6.11 Å². The highest BCUT2D eigenvalue weighted by Crippen LogP contribution is 2.42. The van der Waals surface area contributed by atoms with Crippen LogP contribution in [0.2, 0.25) is 0 Å². The summed E-state index contributed by atoms with van der Waals surface area (Å²) in [5.74, 6) is -8.11. The fraction of sp³-hybridized carbons (Fsp3) is 0.556. The van der Waals surface area contributed by atoms with Crippen LogP contribution in [0.5, 0.6) is 11.5 Å². The van der Waals surface area contributed by atoms with Gasteiger partial charge < -0.3 is 9.47 Å². The summed E-state index contributed by atoms with van der Waals surface area (Å²) < 4.78 is 107. The van der Waals surface area contributed by atoms with E-state index in [2.05, 4.69) is 11.7 Å². The van der Waals surface area contributed by atoms with Gasteiger partial charge in [0.05, 0.1) is 6.61 Å². The molecule has 0 amide bonds. The van der Waals surface area contributed by atoms with Crippen LogP contribution in [0.4, 0.5) is 30.7 Å². The maximum Gasteiger partial charge on any atom is 0.429 e.